The summed E-state index contributed by atoms with van der Waals surface area (Å²) in [7, 11) is 0. The molecule has 0 fully saturated rings. The number of alkyl halides is 3. The molecule has 124 valence electrons. The van der Waals surface area contributed by atoms with E-state index in [2.05, 4.69) is 15.6 Å². The third kappa shape index (κ3) is 3.48. The standard InChI is InChI=1S/C16H12F3N3O2/c1-9-20-13-8-12(5-6-14(13)24-9)22-15(23)21-11-4-2-3-10(7-11)16(17,18)19/h2-8H,1H3,(H2,21,22,23). The number of nitrogens with zero attached hydrogens (tertiary/aromatic N) is 1. The zero-order valence-corrected chi connectivity index (χ0v) is 12.4. The molecule has 2 amide bonds. The highest BCUT2D eigenvalue weighted by Crippen LogP contribution is 2.30. The predicted molar refractivity (Wildman–Crippen MR) is 82.8 cm³/mol. The van der Waals surface area contributed by atoms with Crippen LogP contribution in [0.2, 0.25) is 0 Å². The first kappa shape index (κ1) is 15.9. The van der Waals surface area contributed by atoms with Crippen molar-refractivity contribution >= 4 is 28.5 Å². The van der Waals surface area contributed by atoms with E-state index in [4.69, 9.17) is 4.42 Å². The Labute approximate surface area is 134 Å². The first-order valence-corrected chi connectivity index (χ1v) is 6.94. The van der Waals surface area contributed by atoms with Crippen LogP contribution < -0.4 is 10.6 Å². The second-order valence-electron chi connectivity index (χ2n) is 5.07. The Morgan fingerprint density at radius 3 is 2.50 bits per heavy atom. The molecule has 3 rings (SSSR count). The summed E-state index contributed by atoms with van der Waals surface area (Å²) < 4.78 is 43.3. The second kappa shape index (κ2) is 5.88. The van der Waals surface area contributed by atoms with Crippen LogP contribution in [0.5, 0.6) is 0 Å². The van der Waals surface area contributed by atoms with E-state index < -0.39 is 17.8 Å². The monoisotopic (exact) mass is 335 g/mol. The number of aromatic nitrogens is 1. The van der Waals surface area contributed by atoms with Gasteiger partial charge in [0.05, 0.1) is 5.56 Å². The molecule has 2 aromatic carbocycles. The molecule has 0 bridgehead atoms. The van der Waals surface area contributed by atoms with Gasteiger partial charge in [0.2, 0.25) is 0 Å². The molecule has 2 N–H and O–H groups in total. The molecule has 1 aromatic heterocycles. The molecular weight excluding hydrogens is 323 g/mol. The lowest BCUT2D eigenvalue weighted by molar-refractivity contribution is -0.137. The van der Waals surface area contributed by atoms with Gasteiger partial charge in [-0.25, -0.2) is 9.78 Å². The number of hydrogen-bond acceptors (Lipinski definition) is 3. The van der Waals surface area contributed by atoms with Crippen molar-refractivity contribution in [2.75, 3.05) is 10.6 Å². The maximum atomic E-state index is 12.7. The maximum absolute atomic E-state index is 12.7. The third-order valence-corrected chi connectivity index (χ3v) is 3.20. The number of urea groups is 1. The maximum Gasteiger partial charge on any atom is 0.416 e. The third-order valence-electron chi connectivity index (χ3n) is 3.20. The van der Waals surface area contributed by atoms with Crippen LogP contribution in [0.1, 0.15) is 11.5 Å². The highest BCUT2D eigenvalue weighted by Gasteiger charge is 2.30. The highest BCUT2D eigenvalue weighted by molar-refractivity contribution is 6.00. The lowest BCUT2D eigenvalue weighted by atomic mass is 10.2. The molecule has 8 heteroatoms. The molecular formula is C16H12F3N3O2. The second-order valence-corrected chi connectivity index (χ2v) is 5.07. The lowest BCUT2D eigenvalue weighted by Gasteiger charge is -2.10. The van der Waals surface area contributed by atoms with Crippen molar-refractivity contribution in [1.82, 2.24) is 4.98 Å². The minimum absolute atomic E-state index is 0.0423. The van der Waals surface area contributed by atoms with Gasteiger partial charge >= 0.3 is 12.2 Å². The van der Waals surface area contributed by atoms with E-state index in [-0.39, 0.29) is 5.69 Å². The largest absolute Gasteiger partial charge is 0.441 e. The van der Waals surface area contributed by atoms with E-state index in [0.29, 0.717) is 22.7 Å². The van der Waals surface area contributed by atoms with Gasteiger partial charge in [0, 0.05) is 18.3 Å². The fourth-order valence-electron chi connectivity index (χ4n) is 2.19. The Hall–Kier alpha value is -3.03. The van der Waals surface area contributed by atoms with Crippen LogP contribution >= 0.6 is 0 Å². The van der Waals surface area contributed by atoms with Crippen molar-refractivity contribution in [3.05, 3.63) is 53.9 Å². The molecule has 0 spiro atoms. The zero-order valence-electron chi connectivity index (χ0n) is 12.4. The van der Waals surface area contributed by atoms with Crippen LogP contribution in [0.4, 0.5) is 29.3 Å². The Kier molecular flexibility index (Phi) is 3.88. The Balaban J connectivity index is 1.72. The number of fused-ring (bicyclic) bond motifs is 1. The highest BCUT2D eigenvalue weighted by atomic mass is 19.4. The molecule has 0 radical (unpaired) electrons. The average molecular weight is 335 g/mol. The zero-order chi connectivity index (χ0) is 17.3. The summed E-state index contributed by atoms with van der Waals surface area (Å²) in [4.78, 5) is 16.1. The van der Waals surface area contributed by atoms with Crippen LogP contribution in [0, 0.1) is 6.92 Å². The van der Waals surface area contributed by atoms with E-state index in [1.54, 1.807) is 25.1 Å². The van der Waals surface area contributed by atoms with Crippen LogP contribution in [0.3, 0.4) is 0 Å². The Bertz CT molecular complexity index is 903. The van der Waals surface area contributed by atoms with Gasteiger partial charge in [-0.2, -0.15) is 13.2 Å². The van der Waals surface area contributed by atoms with Crippen molar-refractivity contribution in [1.29, 1.82) is 0 Å². The molecule has 0 aliphatic heterocycles. The van der Waals surface area contributed by atoms with Crippen molar-refractivity contribution in [2.45, 2.75) is 13.1 Å². The quantitative estimate of drug-likeness (QED) is 0.707. The summed E-state index contributed by atoms with van der Waals surface area (Å²) in [6.07, 6.45) is -4.47. The van der Waals surface area contributed by atoms with E-state index in [1.807, 2.05) is 0 Å². The predicted octanol–water partition coefficient (Wildman–Crippen LogP) is 4.80. The minimum atomic E-state index is -4.47. The van der Waals surface area contributed by atoms with E-state index in [0.717, 1.165) is 12.1 Å². The number of oxazole rings is 1. The van der Waals surface area contributed by atoms with Gasteiger partial charge in [-0.05, 0) is 36.4 Å². The van der Waals surface area contributed by atoms with Gasteiger partial charge in [0.25, 0.3) is 0 Å². The number of benzene rings is 2. The smallest absolute Gasteiger partial charge is 0.416 e. The summed E-state index contributed by atoms with van der Waals surface area (Å²) in [6, 6.07) is 8.61. The van der Waals surface area contributed by atoms with Crippen molar-refractivity contribution in [3.63, 3.8) is 0 Å². The van der Waals surface area contributed by atoms with Crippen molar-refractivity contribution < 1.29 is 22.4 Å². The van der Waals surface area contributed by atoms with E-state index >= 15 is 0 Å². The topological polar surface area (TPSA) is 67.2 Å². The molecule has 0 aliphatic rings. The van der Waals surface area contributed by atoms with Crippen molar-refractivity contribution in [3.8, 4) is 0 Å². The lowest BCUT2D eigenvalue weighted by Crippen LogP contribution is -2.19. The van der Waals surface area contributed by atoms with Crippen LogP contribution in [0.15, 0.2) is 46.9 Å². The van der Waals surface area contributed by atoms with Crippen LogP contribution in [-0.2, 0) is 6.18 Å². The number of rotatable bonds is 2. The SMILES string of the molecule is Cc1nc2cc(NC(=O)Nc3cccc(C(F)(F)F)c3)ccc2o1. The molecule has 0 saturated heterocycles. The molecule has 0 atom stereocenters. The number of amides is 2. The molecule has 5 nitrogen and oxygen atoms in total. The molecule has 0 unspecified atom stereocenters. The van der Waals surface area contributed by atoms with Gasteiger partial charge in [0.15, 0.2) is 11.5 Å². The Morgan fingerprint density at radius 1 is 1.08 bits per heavy atom. The van der Waals surface area contributed by atoms with E-state index in [1.165, 1.54) is 12.1 Å². The molecule has 0 aliphatic carbocycles. The molecule has 24 heavy (non-hydrogen) atoms. The van der Waals surface area contributed by atoms with E-state index in [9.17, 15) is 18.0 Å². The van der Waals surface area contributed by atoms with Gasteiger partial charge < -0.3 is 15.1 Å². The number of nitrogens with one attached hydrogen (secondary N) is 2. The molecule has 1 heterocycles. The number of anilines is 2. The summed E-state index contributed by atoms with van der Waals surface area (Å²) >= 11 is 0. The normalized spacial score (nSPS) is 11.5. The molecule has 0 saturated carbocycles. The Morgan fingerprint density at radius 2 is 1.79 bits per heavy atom. The van der Waals surface area contributed by atoms with Gasteiger partial charge in [0.1, 0.15) is 5.52 Å². The summed E-state index contributed by atoms with van der Waals surface area (Å²) in [5.41, 5.74) is 0.807. The number of aryl methyl sites for hydroxylation is 1. The fourth-order valence-corrected chi connectivity index (χ4v) is 2.19. The van der Waals surface area contributed by atoms with Crippen molar-refractivity contribution in [2.24, 2.45) is 0 Å². The summed E-state index contributed by atoms with van der Waals surface area (Å²) in [5, 5.41) is 4.90. The summed E-state index contributed by atoms with van der Waals surface area (Å²) in [6.45, 7) is 1.70. The molecule has 3 aromatic rings. The summed E-state index contributed by atoms with van der Waals surface area (Å²) in [5.74, 6) is 0.496. The first-order valence-electron chi connectivity index (χ1n) is 6.94. The number of carbonyl (C=O) groups is 1. The minimum Gasteiger partial charge on any atom is -0.441 e. The first-order chi connectivity index (χ1) is 11.3. The van der Waals surface area contributed by atoms with Gasteiger partial charge in [-0.15, -0.1) is 0 Å². The number of halogens is 3. The van der Waals surface area contributed by atoms with Crippen LogP contribution in [0.25, 0.3) is 11.1 Å². The van der Waals surface area contributed by atoms with Crippen LogP contribution in [-0.4, -0.2) is 11.0 Å². The fraction of sp³-hybridized carbons (Fsp3) is 0.125. The number of carbonyl (C=O) groups excluding carboxylic acids is 1. The van der Waals surface area contributed by atoms with Gasteiger partial charge in [-0.1, -0.05) is 6.07 Å². The van der Waals surface area contributed by atoms with Gasteiger partial charge in [-0.3, -0.25) is 0 Å². The number of hydrogen-bond donors (Lipinski definition) is 2. The average Bonchev–Trinajstić information content (AvgIpc) is 2.86.